The van der Waals surface area contributed by atoms with Crippen LogP contribution < -0.4 is 15.4 Å². The van der Waals surface area contributed by atoms with E-state index < -0.39 is 0 Å². The summed E-state index contributed by atoms with van der Waals surface area (Å²) in [4.78, 5) is 31.1. The monoisotopic (exact) mass is 494 g/mol. The van der Waals surface area contributed by atoms with Gasteiger partial charge in [-0.2, -0.15) is 5.10 Å². The quantitative estimate of drug-likeness (QED) is 0.357. The van der Waals surface area contributed by atoms with Gasteiger partial charge in [0.15, 0.2) is 17.3 Å². The zero-order valence-electron chi connectivity index (χ0n) is 19.9. The van der Waals surface area contributed by atoms with E-state index in [9.17, 15) is 4.79 Å². The van der Waals surface area contributed by atoms with Gasteiger partial charge >= 0.3 is 0 Å². The Morgan fingerprint density at radius 1 is 1.14 bits per heavy atom. The fraction of sp³-hybridized carbons (Fsp3) is 0.148. The summed E-state index contributed by atoms with van der Waals surface area (Å²) in [7, 11) is 1.63. The van der Waals surface area contributed by atoms with Crippen molar-refractivity contribution in [3.63, 3.8) is 0 Å². The maximum atomic E-state index is 11.8. The Morgan fingerprint density at radius 3 is 2.83 bits per heavy atom. The normalized spacial score (nSPS) is 15.0. The van der Waals surface area contributed by atoms with Crippen LogP contribution in [0.5, 0.6) is 5.75 Å². The van der Waals surface area contributed by atoms with E-state index in [1.54, 1.807) is 20.2 Å². The molecule has 0 saturated carbocycles. The molecule has 1 atom stereocenters. The standard InChI is InChI=1S/C27H22N6O2S/c1-14-18(16-11-17(35-3)13-28-12-16)7-8-21-25(29-14)26(33-32-21)27-30-20-6-4-5-19(24(20)31-27)23-10-9-22(36-23)15(2)34/h4-14,32H,1-3H3,(H,30,31)/t14-/m0/s1. The molecule has 0 amide bonds. The largest absolute Gasteiger partial charge is 0.495 e. The smallest absolute Gasteiger partial charge is 0.169 e. The van der Waals surface area contributed by atoms with Crippen molar-refractivity contribution in [2.24, 2.45) is 4.99 Å². The summed E-state index contributed by atoms with van der Waals surface area (Å²) < 4.78 is 5.34. The second kappa shape index (κ2) is 8.69. The van der Waals surface area contributed by atoms with E-state index >= 15 is 0 Å². The Labute approximate surface area is 210 Å². The van der Waals surface area contributed by atoms with Gasteiger partial charge in [-0.25, -0.2) is 4.98 Å². The van der Waals surface area contributed by atoms with Gasteiger partial charge in [0.05, 0.1) is 40.6 Å². The lowest BCUT2D eigenvalue weighted by Gasteiger charge is -2.11. The number of carbonyl (C=O) groups is 1. The van der Waals surface area contributed by atoms with Crippen molar-refractivity contribution >= 4 is 39.8 Å². The molecule has 0 fully saturated rings. The van der Waals surface area contributed by atoms with E-state index in [-0.39, 0.29) is 11.8 Å². The van der Waals surface area contributed by atoms with Gasteiger partial charge in [0.2, 0.25) is 0 Å². The summed E-state index contributed by atoms with van der Waals surface area (Å²) in [5.41, 5.74) is 5.33. The number of ether oxygens (including phenoxy) is 1. The highest BCUT2D eigenvalue weighted by molar-refractivity contribution is 7.17. The predicted octanol–water partition coefficient (Wildman–Crippen LogP) is 4.17. The molecule has 178 valence electrons. The first-order valence-electron chi connectivity index (χ1n) is 11.5. The molecular formula is C27H22N6O2S. The van der Waals surface area contributed by atoms with Crippen molar-refractivity contribution in [1.82, 2.24) is 25.1 Å². The number of aromatic nitrogens is 5. The van der Waals surface area contributed by atoms with Crippen molar-refractivity contribution < 1.29 is 9.53 Å². The zero-order valence-corrected chi connectivity index (χ0v) is 20.7. The number of rotatable bonds is 5. The number of carbonyl (C=O) groups excluding carboxylic acids is 1. The van der Waals surface area contributed by atoms with Crippen molar-refractivity contribution in [3.05, 3.63) is 76.0 Å². The summed E-state index contributed by atoms with van der Waals surface area (Å²) >= 11 is 1.47. The fourth-order valence-electron chi connectivity index (χ4n) is 4.38. The predicted molar refractivity (Wildman–Crippen MR) is 140 cm³/mol. The minimum atomic E-state index is -0.135. The van der Waals surface area contributed by atoms with Crippen LogP contribution in [0, 0.1) is 0 Å². The first kappa shape index (κ1) is 22.1. The number of nitrogens with one attached hydrogen (secondary N) is 2. The molecule has 6 rings (SSSR count). The third kappa shape index (κ3) is 3.74. The number of pyridine rings is 1. The number of aromatic amines is 2. The number of H-pyrrole nitrogens is 2. The molecule has 1 aliphatic rings. The summed E-state index contributed by atoms with van der Waals surface area (Å²) in [6.07, 6.45) is 7.52. The van der Waals surface area contributed by atoms with Gasteiger partial charge in [0, 0.05) is 22.2 Å². The molecule has 0 spiro atoms. The molecule has 0 aliphatic carbocycles. The molecule has 1 aromatic carbocycles. The molecule has 0 bridgehead atoms. The van der Waals surface area contributed by atoms with Gasteiger partial charge < -0.3 is 9.72 Å². The Balaban J connectivity index is 1.43. The number of hydrogen-bond acceptors (Lipinski definition) is 7. The second-order valence-corrected chi connectivity index (χ2v) is 9.63. The molecule has 8 nitrogen and oxygen atoms in total. The average molecular weight is 495 g/mol. The van der Waals surface area contributed by atoms with E-state index in [1.165, 1.54) is 11.3 Å². The molecule has 1 aliphatic heterocycles. The van der Waals surface area contributed by atoms with Gasteiger partial charge in [0.1, 0.15) is 11.1 Å². The van der Waals surface area contributed by atoms with Gasteiger partial charge in [-0.1, -0.05) is 18.2 Å². The summed E-state index contributed by atoms with van der Waals surface area (Å²) in [6, 6.07) is 11.6. The van der Waals surface area contributed by atoms with Gasteiger partial charge in [-0.15, -0.1) is 11.3 Å². The number of para-hydroxylation sites is 1. The van der Waals surface area contributed by atoms with Crippen LogP contribution >= 0.6 is 11.3 Å². The van der Waals surface area contributed by atoms with Crippen molar-refractivity contribution in [2.75, 3.05) is 7.11 Å². The van der Waals surface area contributed by atoms with Crippen LogP contribution in [0.1, 0.15) is 29.1 Å². The number of ketones is 1. The number of hydrogen-bond donors (Lipinski definition) is 2. The lowest BCUT2D eigenvalue weighted by atomic mass is 10.0. The zero-order chi connectivity index (χ0) is 24.8. The molecule has 9 heteroatoms. The number of imidazole rings is 1. The third-order valence-corrected chi connectivity index (χ3v) is 7.43. The Hall–Kier alpha value is -4.37. The van der Waals surface area contributed by atoms with Gasteiger partial charge in [0.25, 0.3) is 0 Å². The van der Waals surface area contributed by atoms with Crippen LogP contribution in [0.4, 0.5) is 0 Å². The molecule has 0 radical (unpaired) electrons. The molecule has 5 aromatic rings. The lowest BCUT2D eigenvalue weighted by Crippen LogP contribution is -2.25. The molecule has 2 N–H and O–H groups in total. The number of benzene rings is 1. The number of Topliss-reactive ketones (excluding diaryl/α,β-unsaturated/α-hetero) is 1. The highest BCUT2D eigenvalue weighted by Crippen LogP contribution is 2.34. The first-order valence-corrected chi connectivity index (χ1v) is 12.3. The van der Waals surface area contributed by atoms with Crippen LogP contribution in [0.15, 0.2) is 59.9 Å². The van der Waals surface area contributed by atoms with Crippen molar-refractivity contribution in [2.45, 2.75) is 19.9 Å². The summed E-state index contributed by atoms with van der Waals surface area (Å²) in [5.74, 6) is 1.39. The lowest BCUT2D eigenvalue weighted by molar-refractivity contribution is 0.102. The molecule has 5 heterocycles. The first-order chi connectivity index (χ1) is 17.5. The van der Waals surface area contributed by atoms with E-state index in [0.29, 0.717) is 17.3 Å². The van der Waals surface area contributed by atoms with Crippen LogP contribution in [-0.2, 0) is 0 Å². The minimum Gasteiger partial charge on any atom is -0.495 e. The van der Waals surface area contributed by atoms with E-state index in [1.807, 2.05) is 61.7 Å². The Bertz CT molecular complexity index is 1790. The van der Waals surface area contributed by atoms with E-state index in [2.05, 4.69) is 20.2 Å². The van der Waals surface area contributed by atoms with Crippen LogP contribution in [-0.4, -0.2) is 44.1 Å². The number of fused-ring (bicyclic) bond motifs is 2. The van der Waals surface area contributed by atoms with E-state index in [4.69, 9.17) is 14.7 Å². The molecular weight excluding hydrogens is 472 g/mol. The Kier molecular flexibility index (Phi) is 5.34. The van der Waals surface area contributed by atoms with Crippen LogP contribution in [0.25, 0.3) is 44.6 Å². The minimum absolute atomic E-state index is 0.0602. The topological polar surface area (TPSA) is 109 Å². The van der Waals surface area contributed by atoms with E-state index in [0.717, 1.165) is 48.2 Å². The third-order valence-electron chi connectivity index (χ3n) is 6.21. The Morgan fingerprint density at radius 2 is 2.03 bits per heavy atom. The molecule has 4 aromatic heterocycles. The molecule has 0 saturated heterocycles. The average Bonchev–Trinajstić information content (AvgIpc) is 3.61. The SMILES string of the molecule is COc1cncc(C2=CC=c3[nH]nc(-c4nc5c(-c6ccc(C(C)=O)s6)cccc5[nH]4)c3=N[C@H]2C)c1. The molecule has 36 heavy (non-hydrogen) atoms. The van der Waals surface area contributed by atoms with Gasteiger partial charge in [-0.3, -0.25) is 19.9 Å². The van der Waals surface area contributed by atoms with Gasteiger partial charge in [-0.05, 0) is 49.8 Å². The number of methoxy groups -OCH3 is 1. The summed E-state index contributed by atoms with van der Waals surface area (Å²) in [6.45, 7) is 3.63. The van der Waals surface area contributed by atoms with Crippen LogP contribution in [0.3, 0.4) is 0 Å². The fourth-order valence-corrected chi connectivity index (χ4v) is 5.31. The maximum Gasteiger partial charge on any atom is 0.169 e. The second-order valence-electron chi connectivity index (χ2n) is 8.55. The van der Waals surface area contributed by atoms with Crippen molar-refractivity contribution in [1.29, 1.82) is 0 Å². The highest BCUT2D eigenvalue weighted by Gasteiger charge is 2.19. The van der Waals surface area contributed by atoms with Crippen molar-refractivity contribution in [3.8, 4) is 27.7 Å². The summed E-state index contributed by atoms with van der Waals surface area (Å²) in [5, 5.41) is 9.22. The number of nitrogens with zero attached hydrogens (tertiary/aromatic N) is 4. The number of allylic oxidation sites excluding steroid dienone is 1. The van der Waals surface area contributed by atoms with Crippen LogP contribution in [0.2, 0.25) is 0 Å². The molecule has 0 unspecified atom stereocenters. The maximum absolute atomic E-state index is 11.8. The number of thiophene rings is 1. The highest BCUT2D eigenvalue weighted by atomic mass is 32.1.